The lowest BCUT2D eigenvalue weighted by molar-refractivity contribution is 0.0976. The minimum absolute atomic E-state index is 0.236. The largest absolute Gasteiger partial charge is 0.362 e. The van der Waals surface area contributed by atoms with Crippen LogP contribution in [0.2, 0.25) is 0 Å². The van der Waals surface area contributed by atoms with Crippen LogP contribution in [-0.4, -0.2) is 17.6 Å². The third kappa shape index (κ3) is 4.96. The number of rotatable bonds is 4. The van der Waals surface area contributed by atoms with Crippen molar-refractivity contribution in [2.24, 2.45) is 0 Å². The van der Waals surface area contributed by atoms with Crippen LogP contribution in [0.3, 0.4) is 0 Å². The first-order valence-corrected chi connectivity index (χ1v) is 6.94. The van der Waals surface area contributed by atoms with Gasteiger partial charge < -0.3 is 5.32 Å². The molecule has 0 bridgehead atoms. The molecule has 0 fully saturated rings. The summed E-state index contributed by atoms with van der Waals surface area (Å²) in [5.74, 6) is -0.877. The predicted molar refractivity (Wildman–Crippen MR) is 84.6 cm³/mol. The zero-order chi connectivity index (χ0) is 15.1. The number of halogens is 1. The maximum atomic E-state index is 13.0. The molecule has 0 saturated heterocycles. The van der Waals surface area contributed by atoms with Gasteiger partial charge in [-0.25, -0.2) is 4.39 Å². The molecule has 0 aromatic heterocycles. The molecule has 2 rings (SSSR count). The summed E-state index contributed by atoms with van der Waals surface area (Å²) in [4.78, 5) is 11.8. The van der Waals surface area contributed by atoms with E-state index in [1.807, 2.05) is 30.3 Å². The van der Waals surface area contributed by atoms with Crippen LogP contribution in [0.25, 0.3) is 0 Å². The highest BCUT2D eigenvalue weighted by Crippen LogP contribution is 2.03. The molecule has 0 spiro atoms. The molecule has 21 heavy (non-hydrogen) atoms. The molecule has 0 unspecified atom stereocenters. The van der Waals surface area contributed by atoms with E-state index in [0.29, 0.717) is 6.54 Å². The molecule has 2 N–H and O–H groups in total. The molecule has 2 aromatic rings. The van der Waals surface area contributed by atoms with E-state index in [9.17, 15) is 9.18 Å². The van der Waals surface area contributed by atoms with E-state index in [0.717, 1.165) is 6.42 Å². The molecule has 0 aliphatic rings. The third-order valence-electron chi connectivity index (χ3n) is 2.86. The van der Waals surface area contributed by atoms with Crippen LogP contribution in [0, 0.1) is 5.82 Å². The fourth-order valence-corrected chi connectivity index (χ4v) is 2.01. The van der Waals surface area contributed by atoms with Crippen LogP contribution in [0.15, 0.2) is 54.6 Å². The molecular formula is C16H15FN2OS. The summed E-state index contributed by atoms with van der Waals surface area (Å²) in [5, 5.41) is 5.71. The van der Waals surface area contributed by atoms with Gasteiger partial charge in [-0.15, -0.1) is 0 Å². The Morgan fingerprint density at radius 3 is 2.57 bits per heavy atom. The van der Waals surface area contributed by atoms with Crippen LogP contribution in [-0.2, 0) is 6.42 Å². The van der Waals surface area contributed by atoms with Crippen molar-refractivity contribution in [3.63, 3.8) is 0 Å². The molecule has 0 saturated carbocycles. The minimum Gasteiger partial charge on any atom is -0.362 e. The van der Waals surface area contributed by atoms with Gasteiger partial charge in [-0.05, 0) is 42.4 Å². The molecule has 0 aliphatic heterocycles. The van der Waals surface area contributed by atoms with E-state index in [2.05, 4.69) is 10.6 Å². The quantitative estimate of drug-likeness (QED) is 0.853. The van der Waals surface area contributed by atoms with Gasteiger partial charge >= 0.3 is 0 Å². The molecule has 0 atom stereocenters. The van der Waals surface area contributed by atoms with Gasteiger partial charge in [-0.3, -0.25) is 10.1 Å². The second-order valence-electron chi connectivity index (χ2n) is 4.46. The number of hydrogen-bond donors (Lipinski definition) is 2. The van der Waals surface area contributed by atoms with Gasteiger partial charge in [0.25, 0.3) is 5.91 Å². The van der Waals surface area contributed by atoms with Crippen LogP contribution < -0.4 is 10.6 Å². The Hall–Kier alpha value is -2.27. The van der Waals surface area contributed by atoms with Crippen LogP contribution in [0.4, 0.5) is 4.39 Å². The van der Waals surface area contributed by atoms with E-state index in [4.69, 9.17) is 12.2 Å². The standard InChI is InChI=1S/C16H15FN2OS/c17-14-8-4-7-13(11-14)15(20)19-16(21)18-10-9-12-5-2-1-3-6-12/h1-8,11H,9-10H2,(H2,18,19,20,21). The summed E-state index contributed by atoms with van der Waals surface area (Å²) in [7, 11) is 0. The van der Waals surface area contributed by atoms with Gasteiger partial charge in [-0.2, -0.15) is 0 Å². The van der Waals surface area contributed by atoms with Crippen molar-refractivity contribution in [1.82, 2.24) is 10.6 Å². The monoisotopic (exact) mass is 302 g/mol. The molecule has 2 aromatic carbocycles. The van der Waals surface area contributed by atoms with Crippen LogP contribution in [0.1, 0.15) is 15.9 Å². The Morgan fingerprint density at radius 2 is 1.86 bits per heavy atom. The highest BCUT2D eigenvalue weighted by atomic mass is 32.1. The summed E-state index contributed by atoms with van der Waals surface area (Å²) in [5.41, 5.74) is 1.42. The second-order valence-corrected chi connectivity index (χ2v) is 4.86. The second kappa shape index (κ2) is 7.50. The molecule has 1 amide bonds. The number of benzene rings is 2. The van der Waals surface area contributed by atoms with Crippen molar-refractivity contribution in [1.29, 1.82) is 0 Å². The van der Waals surface area contributed by atoms with E-state index in [1.165, 1.54) is 29.8 Å². The van der Waals surface area contributed by atoms with Crippen molar-refractivity contribution in [3.05, 3.63) is 71.5 Å². The van der Waals surface area contributed by atoms with Gasteiger partial charge in [0.05, 0.1) is 0 Å². The van der Waals surface area contributed by atoms with E-state index in [-0.39, 0.29) is 10.7 Å². The summed E-state index contributed by atoms with van der Waals surface area (Å²) in [6.07, 6.45) is 0.802. The Morgan fingerprint density at radius 1 is 1.10 bits per heavy atom. The number of amides is 1. The highest BCUT2D eigenvalue weighted by molar-refractivity contribution is 7.80. The Kier molecular flexibility index (Phi) is 5.40. The SMILES string of the molecule is O=C(NC(=S)NCCc1ccccc1)c1cccc(F)c1. The fourth-order valence-electron chi connectivity index (χ4n) is 1.81. The van der Waals surface area contributed by atoms with Crippen molar-refractivity contribution in [2.45, 2.75) is 6.42 Å². The Bertz CT molecular complexity index is 631. The van der Waals surface area contributed by atoms with Gasteiger partial charge in [-0.1, -0.05) is 36.4 Å². The first-order valence-electron chi connectivity index (χ1n) is 6.54. The lowest BCUT2D eigenvalue weighted by Gasteiger charge is -2.09. The first kappa shape index (κ1) is 15.1. The molecule has 0 radical (unpaired) electrons. The van der Waals surface area contributed by atoms with Crippen molar-refractivity contribution < 1.29 is 9.18 Å². The zero-order valence-electron chi connectivity index (χ0n) is 11.3. The number of carbonyl (C=O) groups is 1. The lowest BCUT2D eigenvalue weighted by Crippen LogP contribution is -2.40. The summed E-state index contributed by atoms with van der Waals surface area (Å²) < 4.78 is 13.0. The predicted octanol–water partition coefficient (Wildman–Crippen LogP) is 2.67. The smallest absolute Gasteiger partial charge is 0.257 e. The van der Waals surface area contributed by atoms with Gasteiger partial charge in [0, 0.05) is 12.1 Å². The lowest BCUT2D eigenvalue weighted by atomic mass is 10.1. The number of hydrogen-bond acceptors (Lipinski definition) is 2. The van der Waals surface area contributed by atoms with Crippen molar-refractivity contribution >= 4 is 23.2 Å². The van der Waals surface area contributed by atoms with E-state index < -0.39 is 11.7 Å². The van der Waals surface area contributed by atoms with Crippen molar-refractivity contribution in [3.8, 4) is 0 Å². The minimum atomic E-state index is -0.453. The average Bonchev–Trinajstić information content (AvgIpc) is 2.48. The molecule has 0 aliphatic carbocycles. The molecule has 3 nitrogen and oxygen atoms in total. The molecule has 108 valence electrons. The average molecular weight is 302 g/mol. The first-order chi connectivity index (χ1) is 10.1. The molecular weight excluding hydrogens is 287 g/mol. The molecule has 5 heteroatoms. The van der Waals surface area contributed by atoms with Crippen molar-refractivity contribution in [2.75, 3.05) is 6.54 Å². The van der Waals surface area contributed by atoms with E-state index in [1.54, 1.807) is 0 Å². The van der Waals surface area contributed by atoms with Crippen LogP contribution in [0.5, 0.6) is 0 Å². The summed E-state index contributed by atoms with van der Waals surface area (Å²) in [6.45, 7) is 0.617. The Balaban J connectivity index is 1.78. The third-order valence-corrected chi connectivity index (χ3v) is 3.10. The Labute approximate surface area is 128 Å². The number of nitrogens with one attached hydrogen (secondary N) is 2. The summed E-state index contributed by atoms with van der Waals surface area (Å²) in [6, 6.07) is 15.4. The van der Waals surface area contributed by atoms with Gasteiger partial charge in [0.15, 0.2) is 5.11 Å². The van der Waals surface area contributed by atoms with Gasteiger partial charge in [0.2, 0.25) is 0 Å². The topological polar surface area (TPSA) is 41.1 Å². The fraction of sp³-hybridized carbons (Fsp3) is 0.125. The number of carbonyl (C=O) groups excluding carboxylic acids is 1. The van der Waals surface area contributed by atoms with Crippen LogP contribution >= 0.6 is 12.2 Å². The molecule has 0 heterocycles. The maximum absolute atomic E-state index is 13.0. The normalized spacial score (nSPS) is 9.95. The maximum Gasteiger partial charge on any atom is 0.257 e. The zero-order valence-corrected chi connectivity index (χ0v) is 12.1. The summed E-state index contributed by atoms with van der Waals surface area (Å²) >= 11 is 5.04. The number of thiocarbonyl (C=S) groups is 1. The van der Waals surface area contributed by atoms with E-state index >= 15 is 0 Å². The highest BCUT2D eigenvalue weighted by Gasteiger charge is 2.08. The van der Waals surface area contributed by atoms with Gasteiger partial charge in [0.1, 0.15) is 5.82 Å².